The highest BCUT2D eigenvalue weighted by Gasteiger charge is 2.51. The molecule has 2 heterocycles. The molecule has 3 aromatic rings. The van der Waals surface area contributed by atoms with E-state index in [9.17, 15) is 30.4 Å². The number of ether oxygens (including phenoxy) is 1. The van der Waals surface area contributed by atoms with Crippen molar-refractivity contribution in [2.45, 2.75) is 49.6 Å². The van der Waals surface area contributed by atoms with Gasteiger partial charge < -0.3 is 4.74 Å². The van der Waals surface area contributed by atoms with Gasteiger partial charge in [0.1, 0.15) is 0 Å². The number of nitrogens with zero attached hydrogens (tertiary/aromatic N) is 2. The van der Waals surface area contributed by atoms with Crippen molar-refractivity contribution in [3.63, 3.8) is 0 Å². The zero-order valence-corrected chi connectivity index (χ0v) is 23.7. The zero-order valence-electron chi connectivity index (χ0n) is 22.9. The summed E-state index contributed by atoms with van der Waals surface area (Å²) in [5.41, 5.74) is 5.41. The summed E-state index contributed by atoms with van der Waals surface area (Å²) < 4.78 is 104. The highest BCUT2D eigenvalue weighted by molar-refractivity contribution is 7.89. The number of fused-ring (bicyclic) bond motifs is 1. The molecule has 0 spiro atoms. The molecule has 2 aliphatic rings. The molecule has 11 heteroatoms. The quantitative estimate of drug-likeness (QED) is 0.202. The minimum atomic E-state index is -5.06. The monoisotopic (exact) mass is 594 g/mol. The van der Waals surface area contributed by atoms with E-state index in [0.29, 0.717) is 26.0 Å². The third kappa shape index (κ3) is 5.07. The molecular formula is C30H31F5N2O3S. The number of halogens is 5. The predicted molar refractivity (Wildman–Crippen MR) is 144 cm³/mol. The normalized spacial score (nSPS) is 22.1. The maximum Gasteiger partial charge on any atom is 0.249 e. The second-order valence-electron chi connectivity index (χ2n) is 10.7. The molecule has 5 nitrogen and oxygen atoms in total. The molecular weight excluding hydrogens is 563 g/mol. The average Bonchev–Trinajstić information content (AvgIpc) is 2.93. The van der Waals surface area contributed by atoms with E-state index < -0.39 is 50.0 Å². The van der Waals surface area contributed by atoms with Crippen LogP contribution in [0.15, 0.2) is 47.4 Å². The van der Waals surface area contributed by atoms with Gasteiger partial charge in [-0.3, -0.25) is 4.90 Å². The number of aryl methyl sites for hydroxylation is 1. The van der Waals surface area contributed by atoms with Gasteiger partial charge in [-0.25, -0.2) is 30.4 Å². The van der Waals surface area contributed by atoms with Gasteiger partial charge in [0.25, 0.3) is 0 Å². The van der Waals surface area contributed by atoms with Crippen molar-refractivity contribution in [2.24, 2.45) is 0 Å². The number of rotatable bonds is 6. The molecule has 3 aromatic carbocycles. The van der Waals surface area contributed by atoms with Crippen LogP contribution in [0.25, 0.3) is 11.1 Å². The van der Waals surface area contributed by atoms with E-state index in [1.807, 2.05) is 49.4 Å². The van der Waals surface area contributed by atoms with Crippen LogP contribution in [0.2, 0.25) is 0 Å². The highest BCUT2D eigenvalue weighted by Crippen LogP contribution is 2.44. The van der Waals surface area contributed by atoms with Crippen LogP contribution < -0.4 is 0 Å². The van der Waals surface area contributed by atoms with Crippen molar-refractivity contribution in [2.75, 3.05) is 33.4 Å². The van der Waals surface area contributed by atoms with Crippen molar-refractivity contribution < 1.29 is 35.1 Å². The molecule has 220 valence electrons. The first kappa shape index (κ1) is 29.6. The van der Waals surface area contributed by atoms with Crippen molar-refractivity contribution in [3.05, 3.63) is 88.2 Å². The third-order valence-electron chi connectivity index (χ3n) is 8.46. The molecule has 0 aliphatic carbocycles. The van der Waals surface area contributed by atoms with Gasteiger partial charge in [0.05, 0.1) is 6.61 Å². The lowest BCUT2D eigenvalue weighted by Crippen LogP contribution is -2.68. The Morgan fingerprint density at radius 3 is 2.10 bits per heavy atom. The van der Waals surface area contributed by atoms with Crippen molar-refractivity contribution >= 4 is 10.0 Å². The smallest absolute Gasteiger partial charge is 0.249 e. The number of benzene rings is 3. The first-order valence-electron chi connectivity index (χ1n) is 13.4. The topological polar surface area (TPSA) is 49.9 Å². The molecule has 5 rings (SSSR count). The summed E-state index contributed by atoms with van der Waals surface area (Å²) in [5.74, 6) is -11.9. The first-order valence-corrected chi connectivity index (χ1v) is 14.9. The number of hydrogen-bond donors (Lipinski definition) is 0. The van der Waals surface area contributed by atoms with E-state index in [4.69, 9.17) is 4.74 Å². The maximum absolute atomic E-state index is 14.6. The summed E-state index contributed by atoms with van der Waals surface area (Å²) in [4.78, 5) is 0.288. The predicted octanol–water partition coefficient (Wildman–Crippen LogP) is 5.93. The van der Waals surface area contributed by atoms with E-state index in [2.05, 4.69) is 11.8 Å². The van der Waals surface area contributed by atoms with Gasteiger partial charge in [-0.2, -0.15) is 4.31 Å². The molecule has 1 unspecified atom stereocenters. The molecule has 0 N–H and O–H groups in total. The summed E-state index contributed by atoms with van der Waals surface area (Å²) >= 11 is 0. The number of hydrogen-bond acceptors (Lipinski definition) is 4. The molecule has 0 amide bonds. The van der Waals surface area contributed by atoms with Gasteiger partial charge in [-0.05, 0) is 61.1 Å². The largest absolute Gasteiger partial charge is 0.383 e. The Labute approximate surface area is 236 Å². The van der Waals surface area contributed by atoms with Gasteiger partial charge in [0, 0.05) is 38.2 Å². The summed E-state index contributed by atoms with van der Waals surface area (Å²) in [7, 11) is -3.47. The van der Waals surface area contributed by atoms with E-state index in [1.54, 1.807) is 7.11 Å². The van der Waals surface area contributed by atoms with Crippen molar-refractivity contribution in [1.29, 1.82) is 0 Å². The fraction of sp³-hybridized carbons (Fsp3) is 0.400. The van der Waals surface area contributed by atoms with Crippen LogP contribution in [0.5, 0.6) is 0 Å². The van der Waals surface area contributed by atoms with Gasteiger partial charge in [0.15, 0.2) is 28.2 Å². The molecule has 2 fully saturated rings. The lowest BCUT2D eigenvalue weighted by atomic mass is 9.74. The molecule has 41 heavy (non-hydrogen) atoms. The van der Waals surface area contributed by atoms with Crippen molar-refractivity contribution in [3.8, 4) is 11.1 Å². The Morgan fingerprint density at radius 2 is 1.46 bits per heavy atom. The molecule has 0 aromatic heterocycles. The number of methoxy groups -OCH3 is 1. The summed E-state index contributed by atoms with van der Waals surface area (Å²) in [5, 5.41) is 0. The van der Waals surface area contributed by atoms with Gasteiger partial charge in [0.2, 0.25) is 15.8 Å². The van der Waals surface area contributed by atoms with E-state index in [-0.39, 0.29) is 25.0 Å². The van der Waals surface area contributed by atoms with Crippen LogP contribution in [-0.4, -0.2) is 63.1 Å². The molecule has 2 aliphatic heterocycles. The molecule has 3 atom stereocenters. The van der Waals surface area contributed by atoms with Crippen molar-refractivity contribution in [1.82, 2.24) is 9.21 Å². The summed E-state index contributed by atoms with van der Waals surface area (Å²) in [6.07, 6.45) is 0.935. The molecule has 2 saturated heterocycles. The van der Waals surface area contributed by atoms with Crippen LogP contribution in [0, 0.1) is 42.9 Å². The van der Waals surface area contributed by atoms with Gasteiger partial charge in [-0.15, -0.1) is 0 Å². The Hall–Kier alpha value is -2.86. The minimum absolute atomic E-state index is 0.0756. The highest BCUT2D eigenvalue weighted by atomic mass is 32.2. The van der Waals surface area contributed by atoms with Gasteiger partial charge in [-0.1, -0.05) is 42.5 Å². The standard InChI is InChI=1S/C30H31F5N2O3S/c1-17-7-6-8-21(18(17)2)19-9-11-20(12-10-19)24-22-15-36(13-4-5-14-37(22)23(24)16-40-3)41(38,39)30-28(34)26(32)25(31)27(33)29(30)35/h6-12,22-24H,4-5,13-16H2,1-3H3/t22-,23+,24?/m0/s1. The Kier molecular flexibility index (Phi) is 8.26. The molecule has 0 radical (unpaired) electrons. The summed E-state index contributed by atoms with van der Waals surface area (Å²) in [6, 6.07) is 13.6. The average molecular weight is 595 g/mol. The third-order valence-corrected chi connectivity index (χ3v) is 10.3. The maximum atomic E-state index is 14.6. The van der Waals surface area contributed by atoms with Crippen LogP contribution in [0.1, 0.15) is 35.4 Å². The Bertz CT molecular complexity index is 1540. The number of sulfonamides is 1. The van der Waals surface area contributed by atoms with Crippen LogP contribution >= 0.6 is 0 Å². The fourth-order valence-electron chi connectivity index (χ4n) is 6.17. The zero-order chi connectivity index (χ0) is 29.6. The van der Waals surface area contributed by atoms with E-state index in [1.165, 1.54) is 11.1 Å². The van der Waals surface area contributed by atoms with E-state index >= 15 is 0 Å². The fourth-order valence-corrected chi connectivity index (χ4v) is 7.78. The van der Waals surface area contributed by atoms with Crippen LogP contribution in [-0.2, 0) is 14.8 Å². The lowest BCUT2D eigenvalue weighted by Gasteiger charge is -2.57. The lowest BCUT2D eigenvalue weighted by molar-refractivity contribution is -0.0635. The summed E-state index contributed by atoms with van der Waals surface area (Å²) in [6.45, 7) is 4.86. The van der Waals surface area contributed by atoms with Gasteiger partial charge >= 0.3 is 0 Å². The van der Waals surface area contributed by atoms with Crippen LogP contribution in [0.3, 0.4) is 0 Å². The van der Waals surface area contributed by atoms with E-state index in [0.717, 1.165) is 21.0 Å². The Balaban J connectivity index is 1.50. The second-order valence-corrected chi connectivity index (χ2v) is 12.6. The molecule has 0 bridgehead atoms. The Morgan fingerprint density at radius 1 is 0.854 bits per heavy atom. The van der Waals surface area contributed by atoms with Crippen LogP contribution in [0.4, 0.5) is 22.0 Å². The second kappa shape index (κ2) is 11.4. The first-order chi connectivity index (χ1) is 19.5. The molecule has 0 saturated carbocycles. The SMILES string of the molecule is COC[C@@H]1C(c2ccc(-c3cccc(C)c3C)cc2)[C@@H]2CN(S(=O)(=O)c3c(F)c(F)c(F)c(F)c3F)CCCCN12. The minimum Gasteiger partial charge on any atom is -0.383 e.